The van der Waals surface area contributed by atoms with Gasteiger partial charge in [-0.3, -0.25) is 19.2 Å². The minimum atomic E-state index is -0.220. The van der Waals surface area contributed by atoms with Crippen LogP contribution in [-0.2, 0) is 19.2 Å². The van der Waals surface area contributed by atoms with E-state index >= 15 is 0 Å². The van der Waals surface area contributed by atoms with E-state index in [0.717, 1.165) is 161 Å². The number of Topliss-reactive ketones (excluding diaryl/α,β-unsaturated/α-hetero) is 1. The summed E-state index contributed by atoms with van der Waals surface area (Å²) in [6.45, 7) is 3.23. The first kappa shape index (κ1) is 58.1. The number of carbonyl (C=O) groups is 4. The molecule has 17 nitrogen and oxygen atoms in total. The lowest BCUT2D eigenvalue weighted by Gasteiger charge is -2.21. The van der Waals surface area contributed by atoms with E-state index in [2.05, 4.69) is 34.2 Å². The number of aliphatic hydroxyl groups excluding tert-OH is 4. The number of nitriles is 3. The summed E-state index contributed by atoms with van der Waals surface area (Å²) in [4.78, 5) is 52.5. The average molecular weight is 1050 g/mol. The quantitative estimate of drug-likeness (QED) is 0.174. The molecular weight excluding hydrogens is 962 g/mol. The van der Waals surface area contributed by atoms with E-state index in [1.165, 1.54) is 0 Å². The van der Waals surface area contributed by atoms with Crippen molar-refractivity contribution in [2.24, 2.45) is 47.3 Å². The third-order valence-corrected chi connectivity index (χ3v) is 18.6. The van der Waals surface area contributed by atoms with Gasteiger partial charge in [0.2, 0.25) is 17.7 Å². The van der Waals surface area contributed by atoms with Gasteiger partial charge in [0, 0.05) is 50.6 Å². The molecule has 11 rings (SSSR count). The normalized spacial score (nSPS) is 39.6. The molecular formula is C53H83Cl2N9O8. The molecule has 402 valence electrons. The van der Waals surface area contributed by atoms with Crippen molar-refractivity contribution in [3.05, 3.63) is 0 Å². The monoisotopic (exact) mass is 1040 g/mol. The highest BCUT2D eigenvalue weighted by molar-refractivity contribution is 5.85. The van der Waals surface area contributed by atoms with Gasteiger partial charge in [0.1, 0.15) is 23.9 Å². The molecule has 18 atom stereocenters. The van der Waals surface area contributed by atoms with Gasteiger partial charge in [0.05, 0.1) is 62.3 Å². The van der Waals surface area contributed by atoms with Crippen molar-refractivity contribution in [2.45, 2.75) is 202 Å². The molecule has 7 unspecified atom stereocenters. The SMILES string of the molecule is Cl.Cl.N#C[C@@H]1CCCN1C(=O)CNC1C[C@H]2CC(O)C[C@H]2C1.N#C[C@@H]1CCCN1C(=O)CNC1C[C@H]2CC(O)C[C@H]2C1.N#C[C@@H]1CCCN1C(=O)CNC1C[C@H]2CC(O)C[C@H]2C1.O=C1C[C@@H]2CC(O)C[C@@H]2C1. The van der Waals surface area contributed by atoms with Crippen LogP contribution in [0.2, 0.25) is 0 Å². The van der Waals surface area contributed by atoms with Crippen LogP contribution in [0, 0.1) is 81.3 Å². The molecule has 11 aliphatic rings. The molecule has 3 aliphatic heterocycles. The van der Waals surface area contributed by atoms with Gasteiger partial charge in [-0.25, -0.2) is 0 Å². The molecule has 0 aromatic rings. The van der Waals surface area contributed by atoms with Gasteiger partial charge in [-0.05, 0) is 176 Å². The number of rotatable bonds is 9. The van der Waals surface area contributed by atoms with Gasteiger partial charge in [0.25, 0.3) is 0 Å². The summed E-state index contributed by atoms with van der Waals surface area (Å²) in [6.07, 6.45) is 20.1. The summed E-state index contributed by atoms with van der Waals surface area (Å²) in [5, 5.41) is 75.2. The van der Waals surface area contributed by atoms with E-state index in [4.69, 9.17) is 15.8 Å². The van der Waals surface area contributed by atoms with Gasteiger partial charge in [-0.1, -0.05) is 0 Å². The molecule has 8 saturated carbocycles. The van der Waals surface area contributed by atoms with E-state index < -0.39 is 0 Å². The van der Waals surface area contributed by atoms with Crippen LogP contribution >= 0.6 is 24.8 Å². The van der Waals surface area contributed by atoms with Crippen molar-refractivity contribution in [1.29, 1.82) is 15.8 Å². The first-order valence-electron chi connectivity index (χ1n) is 27.3. The number of ketones is 1. The fourth-order valence-corrected chi connectivity index (χ4v) is 15.2. The van der Waals surface area contributed by atoms with Crippen molar-refractivity contribution in [2.75, 3.05) is 39.3 Å². The van der Waals surface area contributed by atoms with Crippen molar-refractivity contribution in [3.63, 3.8) is 0 Å². The molecule has 0 spiro atoms. The molecule has 7 N–H and O–H groups in total. The lowest BCUT2D eigenvalue weighted by molar-refractivity contribution is -0.131. The Morgan fingerprint density at radius 3 is 0.903 bits per heavy atom. The number of nitrogens with one attached hydrogen (secondary N) is 3. The van der Waals surface area contributed by atoms with Crippen molar-refractivity contribution >= 4 is 48.3 Å². The summed E-state index contributed by atoms with van der Waals surface area (Å²) in [6, 6.07) is 7.19. The molecule has 0 bridgehead atoms. The Morgan fingerprint density at radius 2 is 0.667 bits per heavy atom. The Hall–Kier alpha value is -3.15. The van der Waals surface area contributed by atoms with Crippen LogP contribution in [0.1, 0.15) is 141 Å². The molecule has 8 aliphatic carbocycles. The Balaban J connectivity index is 0.000000159. The zero-order valence-corrected chi connectivity index (χ0v) is 43.7. The van der Waals surface area contributed by atoms with Crippen LogP contribution in [-0.4, -0.2) is 159 Å². The summed E-state index contributed by atoms with van der Waals surface area (Å²) < 4.78 is 0. The number of halogens is 2. The Bertz CT molecular complexity index is 1730. The largest absolute Gasteiger partial charge is 0.393 e. The Morgan fingerprint density at radius 1 is 0.431 bits per heavy atom. The lowest BCUT2D eigenvalue weighted by Crippen LogP contribution is -2.43. The fraction of sp³-hybridized carbons (Fsp3) is 0.868. The number of hydrogen-bond acceptors (Lipinski definition) is 14. The molecule has 0 aromatic heterocycles. The van der Waals surface area contributed by atoms with Crippen LogP contribution in [0.3, 0.4) is 0 Å². The second-order valence-corrected chi connectivity index (χ2v) is 23.3. The topological polar surface area (TPSA) is 266 Å². The molecule has 3 heterocycles. The molecule has 3 saturated heterocycles. The van der Waals surface area contributed by atoms with Crippen molar-refractivity contribution < 1.29 is 39.6 Å². The molecule has 72 heavy (non-hydrogen) atoms. The highest BCUT2D eigenvalue weighted by atomic mass is 35.5. The van der Waals surface area contributed by atoms with Crippen molar-refractivity contribution in [3.8, 4) is 18.2 Å². The zero-order valence-electron chi connectivity index (χ0n) is 42.1. The van der Waals surface area contributed by atoms with Crippen LogP contribution in [0.15, 0.2) is 0 Å². The van der Waals surface area contributed by atoms with E-state index in [-0.39, 0.29) is 85.1 Å². The third-order valence-electron chi connectivity index (χ3n) is 18.6. The van der Waals surface area contributed by atoms with Crippen LogP contribution in [0.5, 0.6) is 0 Å². The van der Waals surface area contributed by atoms with Crippen molar-refractivity contribution in [1.82, 2.24) is 30.7 Å². The van der Waals surface area contributed by atoms with Gasteiger partial charge < -0.3 is 51.1 Å². The lowest BCUT2D eigenvalue weighted by atomic mass is 10.0. The standard InChI is InChI=1S/3C15H23N3O2.C8H12O2.2ClH/c3*16-8-13-2-1-3-18(13)15(20)9-17-12-4-10-6-14(19)7-11(10)5-12;9-7-1-5-2-8(10)4-6(5)3-7;;/h3*10-14,17,19H,1-7,9H2;5-7,9H,1-4H2;2*1H/t3*10-,11+,12?,13-,14?;5-,6+,7?;;/m000.../s1. The van der Waals surface area contributed by atoms with Crippen LogP contribution < -0.4 is 16.0 Å². The zero-order chi connectivity index (χ0) is 49.5. The third kappa shape index (κ3) is 14.8. The Labute approximate surface area is 439 Å². The maximum atomic E-state index is 12.1. The number of amides is 3. The summed E-state index contributed by atoms with van der Waals surface area (Å²) in [5.74, 6) is 5.46. The van der Waals surface area contributed by atoms with E-state index in [9.17, 15) is 39.6 Å². The number of hydrogen-bond donors (Lipinski definition) is 7. The van der Waals surface area contributed by atoms with E-state index in [1.807, 2.05) is 0 Å². The molecule has 3 amide bonds. The van der Waals surface area contributed by atoms with E-state index in [0.29, 0.717) is 90.9 Å². The van der Waals surface area contributed by atoms with Crippen LogP contribution in [0.25, 0.3) is 0 Å². The highest BCUT2D eigenvalue weighted by Crippen LogP contribution is 2.46. The second kappa shape index (κ2) is 27.1. The smallest absolute Gasteiger partial charge is 0.237 e. The predicted octanol–water partition coefficient (Wildman–Crippen LogP) is 3.50. The maximum Gasteiger partial charge on any atom is 0.237 e. The highest BCUT2D eigenvalue weighted by Gasteiger charge is 2.44. The number of carbonyl (C=O) groups excluding carboxylic acids is 4. The Kier molecular flexibility index (Phi) is 21.8. The number of fused-ring (bicyclic) bond motifs is 4. The number of nitrogens with zero attached hydrogens (tertiary/aromatic N) is 6. The number of aliphatic hydroxyl groups is 4. The number of likely N-dealkylation sites (tertiary alicyclic amines) is 3. The average Bonchev–Trinajstić information content (AvgIpc) is 4.15. The van der Waals surface area contributed by atoms with Gasteiger partial charge in [-0.15, -0.1) is 24.8 Å². The molecule has 0 aromatic carbocycles. The summed E-state index contributed by atoms with van der Waals surface area (Å²) >= 11 is 0. The second-order valence-electron chi connectivity index (χ2n) is 23.3. The summed E-state index contributed by atoms with van der Waals surface area (Å²) in [5.41, 5.74) is 0. The minimum Gasteiger partial charge on any atom is -0.393 e. The fourth-order valence-electron chi connectivity index (χ4n) is 15.2. The first-order chi connectivity index (χ1) is 33.8. The van der Waals surface area contributed by atoms with E-state index in [1.54, 1.807) is 14.7 Å². The summed E-state index contributed by atoms with van der Waals surface area (Å²) in [7, 11) is 0. The van der Waals surface area contributed by atoms with Gasteiger partial charge in [-0.2, -0.15) is 15.8 Å². The molecule has 11 fully saturated rings. The predicted molar refractivity (Wildman–Crippen MR) is 272 cm³/mol. The van der Waals surface area contributed by atoms with Gasteiger partial charge in [0.15, 0.2) is 0 Å². The molecule has 19 heteroatoms. The van der Waals surface area contributed by atoms with Crippen LogP contribution in [0.4, 0.5) is 0 Å². The molecule has 0 radical (unpaired) electrons. The van der Waals surface area contributed by atoms with Gasteiger partial charge >= 0.3 is 0 Å². The first-order valence-corrected chi connectivity index (χ1v) is 27.3. The maximum absolute atomic E-state index is 12.1. The minimum absolute atomic E-state index is 0.